The number of aryl methyl sites for hydroxylation is 2. The van der Waals surface area contributed by atoms with Gasteiger partial charge in [0, 0.05) is 50.6 Å². The number of amides is 1. The molecular formula is C35H42FN5O2S. The molecule has 2 aliphatic heterocycles. The Labute approximate surface area is 261 Å². The van der Waals surface area contributed by atoms with Crippen LogP contribution in [-0.2, 0) is 16.1 Å². The summed E-state index contributed by atoms with van der Waals surface area (Å²) in [5.41, 5.74) is 7.44. The van der Waals surface area contributed by atoms with Crippen LogP contribution in [0.4, 0.5) is 15.8 Å². The van der Waals surface area contributed by atoms with Gasteiger partial charge in [-0.05, 0) is 99.4 Å². The maximum atomic E-state index is 14.7. The Morgan fingerprint density at radius 2 is 1.68 bits per heavy atom. The van der Waals surface area contributed by atoms with Crippen LogP contribution in [0, 0.1) is 48.6 Å². The van der Waals surface area contributed by atoms with E-state index in [9.17, 15) is 18.7 Å². The number of piperidine rings is 1. The number of nitrogens with zero attached hydrogens (tertiary/aromatic N) is 4. The molecule has 1 N–H and O–H groups in total. The van der Waals surface area contributed by atoms with Crippen molar-refractivity contribution in [1.82, 2.24) is 4.90 Å². The first-order chi connectivity index (χ1) is 20.9. The molecular weight excluding hydrogens is 573 g/mol. The molecule has 0 bridgehead atoms. The van der Waals surface area contributed by atoms with Crippen LogP contribution in [-0.4, -0.2) is 60.0 Å². The minimum absolute atomic E-state index is 0.00979. The summed E-state index contributed by atoms with van der Waals surface area (Å²) in [4.78, 5) is 20.2. The van der Waals surface area contributed by atoms with Gasteiger partial charge in [0.2, 0.25) is 0 Å². The summed E-state index contributed by atoms with van der Waals surface area (Å²) in [5.74, 6) is -0.125. The molecule has 232 valence electrons. The standard InChI is InChI=1S/C35H42FN5O2S/c1-23-19-24(2)33(26(4)29(23)20-27-13-15-39(16-14-27)31-11-7-6-9-28(31)21-37)35(42)41-18-17-40(22-25(41)3)32-12-8-10-30(36)34(32)44(5,38)43/h6-12,19,25,27,38H,13-18,20,22H2,1-5H3/t25-,44+/m0/s1. The highest BCUT2D eigenvalue weighted by molar-refractivity contribution is 7.91. The van der Waals surface area contributed by atoms with Crippen LogP contribution in [0.5, 0.6) is 0 Å². The van der Waals surface area contributed by atoms with Crippen molar-refractivity contribution in [2.24, 2.45) is 5.92 Å². The average molecular weight is 616 g/mol. The van der Waals surface area contributed by atoms with Gasteiger partial charge in [-0.2, -0.15) is 5.26 Å². The van der Waals surface area contributed by atoms with E-state index in [1.54, 1.807) is 12.1 Å². The molecule has 0 unspecified atom stereocenters. The largest absolute Gasteiger partial charge is 0.370 e. The molecule has 2 fully saturated rings. The molecule has 5 rings (SSSR count). The summed E-state index contributed by atoms with van der Waals surface area (Å²) < 4.78 is 35.4. The van der Waals surface area contributed by atoms with Crippen molar-refractivity contribution in [3.8, 4) is 6.07 Å². The van der Waals surface area contributed by atoms with E-state index in [1.165, 1.54) is 23.4 Å². The van der Waals surface area contributed by atoms with Gasteiger partial charge in [-0.1, -0.05) is 24.3 Å². The van der Waals surface area contributed by atoms with Gasteiger partial charge in [-0.25, -0.2) is 13.4 Å². The van der Waals surface area contributed by atoms with Crippen LogP contribution in [0.25, 0.3) is 0 Å². The van der Waals surface area contributed by atoms with E-state index >= 15 is 0 Å². The second-order valence-corrected chi connectivity index (χ2v) is 14.6. The monoisotopic (exact) mass is 615 g/mol. The summed E-state index contributed by atoms with van der Waals surface area (Å²) in [7, 11) is -3.27. The molecule has 2 atom stereocenters. The molecule has 2 heterocycles. The van der Waals surface area contributed by atoms with E-state index in [-0.39, 0.29) is 16.8 Å². The van der Waals surface area contributed by atoms with Crippen molar-refractivity contribution in [2.75, 3.05) is 48.8 Å². The quantitative estimate of drug-likeness (QED) is 0.343. The third kappa shape index (κ3) is 6.18. The summed E-state index contributed by atoms with van der Waals surface area (Å²) >= 11 is 0. The van der Waals surface area contributed by atoms with Crippen molar-refractivity contribution in [3.05, 3.63) is 87.7 Å². The Kier molecular flexibility index (Phi) is 9.03. The summed E-state index contributed by atoms with van der Waals surface area (Å²) in [6, 6.07) is 16.6. The fraction of sp³-hybridized carbons (Fsp3) is 0.429. The van der Waals surface area contributed by atoms with Crippen LogP contribution >= 0.6 is 0 Å². The van der Waals surface area contributed by atoms with Crippen LogP contribution in [0.15, 0.2) is 53.4 Å². The Morgan fingerprint density at radius 3 is 2.34 bits per heavy atom. The highest BCUT2D eigenvalue weighted by Gasteiger charge is 2.33. The number of hydrogen-bond acceptors (Lipinski definition) is 6. The van der Waals surface area contributed by atoms with Crippen LogP contribution in [0.1, 0.15) is 57.9 Å². The van der Waals surface area contributed by atoms with E-state index in [0.717, 1.165) is 54.7 Å². The molecule has 0 saturated carbocycles. The van der Waals surface area contributed by atoms with Crippen LogP contribution < -0.4 is 9.80 Å². The van der Waals surface area contributed by atoms with Gasteiger partial charge in [-0.3, -0.25) is 4.79 Å². The van der Waals surface area contributed by atoms with Crippen molar-refractivity contribution in [1.29, 1.82) is 10.0 Å². The predicted octanol–water partition coefficient (Wildman–Crippen LogP) is 6.47. The number of nitriles is 1. The first-order valence-corrected chi connectivity index (χ1v) is 17.3. The molecule has 3 aromatic rings. The van der Waals surface area contributed by atoms with Gasteiger partial charge in [0.05, 0.1) is 26.7 Å². The topological polar surface area (TPSA) is 91.5 Å². The molecule has 2 aliphatic rings. The zero-order valence-electron chi connectivity index (χ0n) is 26.3. The fourth-order valence-corrected chi connectivity index (χ4v) is 8.17. The lowest BCUT2D eigenvalue weighted by Crippen LogP contribution is -2.54. The molecule has 44 heavy (non-hydrogen) atoms. The lowest BCUT2D eigenvalue weighted by Gasteiger charge is -2.42. The van der Waals surface area contributed by atoms with Crippen LogP contribution in [0.3, 0.4) is 0 Å². The zero-order valence-corrected chi connectivity index (χ0v) is 27.1. The highest BCUT2D eigenvalue weighted by Crippen LogP contribution is 2.34. The van der Waals surface area contributed by atoms with Crippen molar-refractivity contribution < 1.29 is 13.4 Å². The summed E-state index contributed by atoms with van der Waals surface area (Å²) in [6.07, 6.45) is 4.22. The number of hydrogen-bond donors (Lipinski definition) is 1. The Balaban J connectivity index is 1.31. The SMILES string of the molecule is Cc1cc(C)c(C(=O)N2CCN(c3cccc(F)c3[S@](C)(=N)=O)C[C@@H]2C)c(C)c1CC1CCN(c2ccccc2C#N)CC1. The number of carbonyl (C=O) groups excluding carboxylic acids is 1. The third-order valence-corrected chi connectivity index (χ3v) is 10.6. The summed E-state index contributed by atoms with van der Waals surface area (Å²) in [5, 5.41) is 9.53. The lowest BCUT2D eigenvalue weighted by atomic mass is 9.83. The zero-order chi connectivity index (χ0) is 31.8. The van der Waals surface area contributed by atoms with E-state index < -0.39 is 15.5 Å². The molecule has 7 nitrogen and oxygen atoms in total. The highest BCUT2D eigenvalue weighted by atomic mass is 32.2. The van der Waals surface area contributed by atoms with E-state index in [1.807, 2.05) is 47.9 Å². The first kappa shape index (κ1) is 31.5. The Morgan fingerprint density at radius 1 is 1.00 bits per heavy atom. The number of benzene rings is 3. The molecule has 2 saturated heterocycles. The Hall–Kier alpha value is -3.90. The molecule has 1 amide bonds. The molecule has 0 radical (unpaired) electrons. The Bertz CT molecular complexity index is 1720. The smallest absolute Gasteiger partial charge is 0.254 e. The maximum Gasteiger partial charge on any atom is 0.254 e. The second kappa shape index (κ2) is 12.6. The molecule has 0 aromatic heterocycles. The fourth-order valence-electron chi connectivity index (χ4n) is 7.13. The molecule has 0 spiro atoms. The number of para-hydroxylation sites is 1. The molecule has 0 aliphatic carbocycles. The first-order valence-electron chi connectivity index (χ1n) is 15.3. The summed E-state index contributed by atoms with van der Waals surface area (Å²) in [6.45, 7) is 11.4. The molecule has 3 aromatic carbocycles. The van der Waals surface area contributed by atoms with E-state index in [4.69, 9.17) is 4.78 Å². The van der Waals surface area contributed by atoms with E-state index in [0.29, 0.717) is 36.8 Å². The van der Waals surface area contributed by atoms with Gasteiger partial charge >= 0.3 is 0 Å². The average Bonchev–Trinajstić information content (AvgIpc) is 2.98. The van der Waals surface area contributed by atoms with Gasteiger partial charge in [0.25, 0.3) is 5.91 Å². The van der Waals surface area contributed by atoms with Gasteiger partial charge in [-0.15, -0.1) is 0 Å². The van der Waals surface area contributed by atoms with Crippen molar-refractivity contribution in [3.63, 3.8) is 0 Å². The number of carbonyl (C=O) groups is 1. The third-order valence-electron chi connectivity index (χ3n) is 9.38. The lowest BCUT2D eigenvalue weighted by molar-refractivity contribution is 0.0672. The minimum Gasteiger partial charge on any atom is -0.370 e. The number of halogens is 1. The van der Waals surface area contributed by atoms with Crippen molar-refractivity contribution >= 4 is 27.0 Å². The second-order valence-electron chi connectivity index (χ2n) is 12.5. The normalized spacial score (nSPS) is 19.0. The number of anilines is 2. The minimum atomic E-state index is -3.27. The number of piperazine rings is 1. The number of rotatable bonds is 6. The maximum absolute atomic E-state index is 14.7. The van der Waals surface area contributed by atoms with Crippen molar-refractivity contribution in [2.45, 2.75) is 57.9 Å². The van der Waals surface area contributed by atoms with Gasteiger partial charge in [0.1, 0.15) is 16.8 Å². The van der Waals surface area contributed by atoms with E-state index in [2.05, 4.69) is 30.9 Å². The van der Waals surface area contributed by atoms with Crippen LogP contribution in [0.2, 0.25) is 0 Å². The van der Waals surface area contributed by atoms with Gasteiger partial charge < -0.3 is 14.7 Å². The van der Waals surface area contributed by atoms with Gasteiger partial charge in [0.15, 0.2) is 0 Å². The number of nitrogens with one attached hydrogen (secondary N) is 1. The molecule has 9 heteroatoms. The predicted molar refractivity (Wildman–Crippen MR) is 175 cm³/mol.